The van der Waals surface area contributed by atoms with Gasteiger partial charge >= 0.3 is 0 Å². The minimum absolute atomic E-state index is 0.199. The summed E-state index contributed by atoms with van der Waals surface area (Å²) >= 11 is 0. The van der Waals surface area contributed by atoms with E-state index in [-0.39, 0.29) is 10.8 Å². The molecule has 6 nitrogen and oxygen atoms in total. The van der Waals surface area contributed by atoms with Gasteiger partial charge in [-0.05, 0) is 61.4 Å². The molecule has 0 saturated carbocycles. The molecule has 0 bridgehead atoms. The SMILES string of the molecule is CCCN(CCC)S(=O)(=O)c1ccc(C(=O)Nc2ccc(OC)cc2)cc1. The molecule has 0 unspecified atom stereocenters. The summed E-state index contributed by atoms with van der Waals surface area (Å²) in [6, 6.07) is 13.0. The Morgan fingerprint density at radius 1 is 0.963 bits per heavy atom. The van der Waals surface area contributed by atoms with Crippen LogP contribution in [0.1, 0.15) is 37.0 Å². The fraction of sp³-hybridized carbons (Fsp3) is 0.350. The van der Waals surface area contributed by atoms with Crippen LogP contribution in [0.2, 0.25) is 0 Å². The van der Waals surface area contributed by atoms with Gasteiger partial charge in [0.2, 0.25) is 10.0 Å². The Labute approximate surface area is 161 Å². The zero-order chi connectivity index (χ0) is 19.9. The molecule has 146 valence electrons. The highest BCUT2D eigenvalue weighted by atomic mass is 32.2. The van der Waals surface area contributed by atoms with E-state index < -0.39 is 10.0 Å². The van der Waals surface area contributed by atoms with Gasteiger partial charge < -0.3 is 10.1 Å². The van der Waals surface area contributed by atoms with Crippen molar-refractivity contribution in [2.24, 2.45) is 0 Å². The standard InChI is InChI=1S/C20H26N2O4S/c1-4-14-22(15-5-2)27(24,25)19-12-6-16(7-13-19)20(23)21-17-8-10-18(26-3)11-9-17/h6-13H,4-5,14-15H2,1-3H3,(H,21,23). The Balaban J connectivity index is 2.14. The first-order chi connectivity index (χ1) is 12.9. The number of carbonyl (C=O) groups is 1. The molecule has 2 aromatic carbocycles. The number of hydrogen-bond donors (Lipinski definition) is 1. The van der Waals surface area contributed by atoms with Gasteiger partial charge in [0.05, 0.1) is 12.0 Å². The maximum Gasteiger partial charge on any atom is 0.255 e. The van der Waals surface area contributed by atoms with Crippen LogP contribution < -0.4 is 10.1 Å². The molecular weight excluding hydrogens is 364 g/mol. The van der Waals surface area contributed by atoms with Crippen molar-refractivity contribution in [3.05, 3.63) is 54.1 Å². The van der Waals surface area contributed by atoms with Crippen molar-refractivity contribution in [2.75, 3.05) is 25.5 Å². The normalized spacial score (nSPS) is 11.4. The summed E-state index contributed by atoms with van der Waals surface area (Å²) in [6.07, 6.45) is 1.50. The summed E-state index contributed by atoms with van der Waals surface area (Å²) in [7, 11) is -1.97. The molecule has 0 fully saturated rings. The smallest absolute Gasteiger partial charge is 0.255 e. The average Bonchev–Trinajstić information content (AvgIpc) is 2.68. The predicted molar refractivity (Wildman–Crippen MR) is 107 cm³/mol. The third kappa shape index (κ3) is 5.30. The molecule has 2 aromatic rings. The van der Waals surface area contributed by atoms with Gasteiger partial charge in [0, 0.05) is 24.3 Å². The van der Waals surface area contributed by atoms with Gasteiger partial charge in [-0.1, -0.05) is 13.8 Å². The van der Waals surface area contributed by atoms with Crippen molar-refractivity contribution < 1.29 is 17.9 Å². The van der Waals surface area contributed by atoms with Gasteiger partial charge in [-0.3, -0.25) is 4.79 Å². The van der Waals surface area contributed by atoms with E-state index in [1.807, 2.05) is 13.8 Å². The van der Waals surface area contributed by atoms with Crippen LogP contribution in [-0.4, -0.2) is 38.8 Å². The Bertz CT molecular complexity index is 841. The lowest BCUT2D eigenvalue weighted by Crippen LogP contribution is -2.32. The zero-order valence-electron chi connectivity index (χ0n) is 15.9. The average molecular weight is 391 g/mol. The Hall–Kier alpha value is -2.38. The highest BCUT2D eigenvalue weighted by molar-refractivity contribution is 7.89. The van der Waals surface area contributed by atoms with Crippen molar-refractivity contribution in [1.82, 2.24) is 4.31 Å². The van der Waals surface area contributed by atoms with E-state index in [4.69, 9.17) is 4.74 Å². The number of nitrogens with zero attached hydrogens (tertiary/aromatic N) is 1. The minimum atomic E-state index is -3.55. The molecule has 7 heteroatoms. The van der Waals surface area contributed by atoms with Gasteiger partial charge in [0.25, 0.3) is 5.91 Å². The Morgan fingerprint density at radius 2 is 1.52 bits per heavy atom. The molecule has 0 radical (unpaired) electrons. The summed E-state index contributed by atoms with van der Waals surface area (Å²) in [4.78, 5) is 12.6. The second kappa shape index (κ2) is 9.53. The number of hydrogen-bond acceptors (Lipinski definition) is 4. The lowest BCUT2D eigenvalue weighted by molar-refractivity contribution is 0.102. The highest BCUT2D eigenvalue weighted by Gasteiger charge is 2.23. The summed E-state index contributed by atoms with van der Waals surface area (Å²) < 4.78 is 32.1. The van der Waals surface area contributed by atoms with E-state index in [1.165, 1.54) is 28.6 Å². The number of amides is 1. The Kier molecular flexibility index (Phi) is 7.38. The molecule has 0 atom stereocenters. The first kappa shape index (κ1) is 20.9. The molecule has 0 saturated heterocycles. The topological polar surface area (TPSA) is 75.7 Å². The fourth-order valence-corrected chi connectivity index (χ4v) is 4.28. The summed E-state index contributed by atoms with van der Waals surface area (Å²) in [5.74, 6) is 0.398. The summed E-state index contributed by atoms with van der Waals surface area (Å²) in [5.41, 5.74) is 1.02. The van der Waals surface area contributed by atoms with Crippen molar-refractivity contribution in [3.8, 4) is 5.75 Å². The quantitative estimate of drug-likeness (QED) is 0.707. The van der Waals surface area contributed by atoms with Crippen LogP contribution >= 0.6 is 0 Å². The number of sulfonamides is 1. The van der Waals surface area contributed by atoms with Crippen LogP contribution in [0.5, 0.6) is 5.75 Å². The van der Waals surface area contributed by atoms with Gasteiger partial charge in [-0.2, -0.15) is 4.31 Å². The second-order valence-electron chi connectivity index (χ2n) is 6.11. The van der Waals surface area contributed by atoms with E-state index >= 15 is 0 Å². The highest BCUT2D eigenvalue weighted by Crippen LogP contribution is 2.19. The van der Waals surface area contributed by atoms with Crippen LogP contribution in [0.4, 0.5) is 5.69 Å². The number of ether oxygens (including phenoxy) is 1. The maximum atomic E-state index is 12.8. The predicted octanol–water partition coefficient (Wildman–Crippen LogP) is 3.76. The lowest BCUT2D eigenvalue weighted by atomic mass is 10.2. The van der Waals surface area contributed by atoms with Crippen LogP contribution in [0.25, 0.3) is 0 Å². The number of benzene rings is 2. The third-order valence-corrected chi connectivity index (χ3v) is 5.96. The molecule has 1 N–H and O–H groups in total. The number of anilines is 1. The van der Waals surface area contributed by atoms with Crippen LogP contribution in [0.3, 0.4) is 0 Å². The van der Waals surface area contributed by atoms with E-state index in [0.717, 1.165) is 12.8 Å². The number of rotatable bonds is 9. The molecule has 0 aliphatic rings. The van der Waals surface area contributed by atoms with Gasteiger partial charge in [-0.15, -0.1) is 0 Å². The molecule has 1 amide bonds. The van der Waals surface area contributed by atoms with Crippen molar-refractivity contribution in [3.63, 3.8) is 0 Å². The fourth-order valence-electron chi connectivity index (χ4n) is 2.66. The number of nitrogens with one attached hydrogen (secondary N) is 1. The minimum Gasteiger partial charge on any atom is -0.497 e. The monoisotopic (exact) mass is 390 g/mol. The summed E-state index contributed by atoms with van der Waals surface area (Å²) in [5, 5.41) is 2.78. The maximum absolute atomic E-state index is 12.8. The van der Waals surface area contributed by atoms with E-state index in [0.29, 0.717) is 30.1 Å². The first-order valence-electron chi connectivity index (χ1n) is 8.98. The number of carbonyl (C=O) groups excluding carboxylic acids is 1. The van der Waals surface area contributed by atoms with Crippen LogP contribution in [0, 0.1) is 0 Å². The van der Waals surface area contributed by atoms with Gasteiger partial charge in [0.1, 0.15) is 5.75 Å². The lowest BCUT2D eigenvalue weighted by Gasteiger charge is -2.21. The molecule has 27 heavy (non-hydrogen) atoms. The van der Waals surface area contributed by atoms with Crippen molar-refractivity contribution in [2.45, 2.75) is 31.6 Å². The first-order valence-corrected chi connectivity index (χ1v) is 10.4. The molecule has 0 aliphatic heterocycles. The molecular formula is C20H26N2O4S. The zero-order valence-corrected chi connectivity index (χ0v) is 16.8. The second-order valence-corrected chi connectivity index (χ2v) is 8.05. The molecule has 2 rings (SSSR count). The Morgan fingerprint density at radius 3 is 2.00 bits per heavy atom. The molecule has 0 heterocycles. The van der Waals surface area contributed by atoms with E-state index in [1.54, 1.807) is 31.4 Å². The van der Waals surface area contributed by atoms with Crippen LogP contribution in [-0.2, 0) is 10.0 Å². The molecule has 0 spiro atoms. The van der Waals surface area contributed by atoms with Gasteiger partial charge in [-0.25, -0.2) is 8.42 Å². The van der Waals surface area contributed by atoms with E-state index in [9.17, 15) is 13.2 Å². The largest absolute Gasteiger partial charge is 0.497 e. The summed E-state index contributed by atoms with van der Waals surface area (Å²) in [6.45, 7) is 4.86. The third-order valence-electron chi connectivity index (χ3n) is 4.05. The molecule has 0 aromatic heterocycles. The number of methoxy groups -OCH3 is 1. The van der Waals surface area contributed by atoms with Crippen LogP contribution in [0.15, 0.2) is 53.4 Å². The van der Waals surface area contributed by atoms with E-state index in [2.05, 4.69) is 5.32 Å². The molecule has 0 aliphatic carbocycles. The van der Waals surface area contributed by atoms with Crippen molar-refractivity contribution >= 4 is 21.6 Å². The van der Waals surface area contributed by atoms with Gasteiger partial charge in [0.15, 0.2) is 0 Å². The van der Waals surface area contributed by atoms with Crippen molar-refractivity contribution in [1.29, 1.82) is 0 Å².